The van der Waals surface area contributed by atoms with E-state index in [1.54, 1.807) is 18.2 Å². The molecule has 0 N–H and O–H groups in total. The summed E-state index contributed by atoms with van der Waals surface area (Å²) in [5.74, 6) is -3.25. The summed E-state index contributed by atoms with van der Waals surface area (Å²) in [5, 5.41) is 30.5. The molecule has 0 spiro atoms. The van der Waals surface area contributed by atoms with Gasteiger partial charge in [-0.3, -0.25) is 0 Å². The molecule has 6 nitrogen and oxygen atoms in total. The first-order valence-electron chi connectivity index (χ1n) is 28.9. The van der Waals surface area contributed by atoms with Crippen LogP contribution in [0.15, 0.2) is 36.5 Å². The number of hydrogen-bond acceptors (Lipinski definition) is 6. The Hall–Kier alpha value is -1.12. The molecule has 0 heterocycles. The van der Waals surface area contributed by atoms with E-state index >= 15 is 0 Å². The van der Waals surface area contributed by atoms with Crippen LogP contribution in [-0.4, -0.2) is 17.9 Å². The number of carboxylic acid groups (broad SMARTS) is 3. The minimum Gasteiger partial charge on any atom is -0.545 e. The zero-order chi connectivity index (χ0) is 48.9. The summed E-state index contributed by atoms with van der Waals surface area (Å²) < 4.78 is 0. The van der Waals surface area contributed by atoms with E-state index < -0.39 is 17.9 Å². The molecule has 67 heavy (non-hydrogen) atoms. The van der Waals surface area contributed by atoms with Crippen molar-refractivity contribution in [2.24, 2.45) is 0 Å². The van der Waals surface area contributed by atoms with Crippen LogP contribution in [0.1, 0.15) is 329 Å². The quantitative estimate of drug-likeness (QED) is 0.0442. The average molecular weight is 1100 g/mol. The van der Waals surface area contributed by atoms with Crippen LogP contribution < -0.4 is 15.3 Å². The van der Waals surface area contributed by atoms with E-state index in [1.807, 2.05) is 0 Å². The second-order valence-electron chi connectivity index (χ2n) is 19.4. The second-order valence-corrected chi connectivity index (χ2v) is 19.4. The fourth-order valence-corrected chi connectivity index (χ4v) is 8.44. The van der Waals surface area contributed by atoms with Gasteiger partial charge in [-0.1, -0.05) is 309 Å². The van der Waals surface area contributed by atoms with Crippen molar-refractivity contribution in [1.29, 1.82) is 0 Å². The molecular formula is C60H111ErO6. The van der Waals surface area contributed by atoms with Gasteiger partial charge in [-0.15, -0.1) is 0 Å². The SMILES string of the molecule is CCCCCCCCCCCCCCCCCC=CC(=O)[O-].CCCCCCCCCCCCCCCCCC=CC(=O)[O-].CCCCCCCCCCCCCCCCCC=CC(=O)[O-].[Er+3]. The number of carbonyl (C=O) groups is 3. The third kappa shape index (κ3) is 82.1. The average Bonchev–Trinajstić information content (AvgIpc) is 3.29. The van der Waals surface area contributed by atoms with Crippen LogP contribution in [0.2, 0.25) is 0 Å². The van der Waals surface area contributed by atoms with E-state index in [-0.39, 0.29) is 37.3 Å². The molecule has 0 aliphatic rings. The van der Waals surface area contributed by atoms with Gasteiger partial charge in [0.25, 0.3) is 0 Å². The summed E-state index contributed by atoms with van der Waals surface area (Å²) in [4.78, 5) is 30.5. The van der Waals surface area contributed by atoms with Crippen LogP contribution in [0.25, 0.3) is 0 Å². The molecule has 0 aliphatic heterocycles. The zero-order valence-electron chi connectivity index (χ0n) is 44.6. The molecule has 0 saturated carbocycles. The van der Waals surface area contributed by atoms with Gasteiger partial charge in [0, 0.05) is 0 Å². The number of rotatable bonds is 51. The number of unbranched alkanes of at least 4 members (excludes halogenated alkanes) is 45. The third-order valence-electron chi connectivity index (χ3n) is 12.7. The summed E-state index contributed by atoms with van der Waals surface area (Å²) in [6.07, 6.45) is 72.5. The van der Waals surface area contributed by atoms with Gasteiger partial charge in [0.15, 0.2) is 0 Å². The van der Waals surface area contributed by atoms with Gasteiger partial charge in [-0.2, -0.15) is 0 Å². The van der Waals surface area contributed by atoms with Crippen molar-refractivity contribution >= 4 is 17.9 Å². The molecule has 0 aromatic rings. The molecule has 0 saturated heterocycles. The maximum absolute atomic E-state index is 10.2. The second kappa shape index (κ2) is 69.1. The molecule has 0 aromatic heterocycles. The van der Waals surface area contributed by atoms with Gasteiger partial charge in [-0.05, 0) is 56.8 Å². The van der Waals surface area contributed by atoms with Crippen molar-refractivity contribution in [1.82, 2.24) is 0 Å². The van der Waals surface area contributed by atoms with Crippen molar-refractivity contribution in [2.75, 3.05) is 0 Å². The predicted molar refractivity (Wildman–Crippen MR) is 281 cm³/mol. The first-order valence-corrected chi connectivity index (χ1v) is 28.9. The van der Waals surface area contributed by atoms with Crippen LogP contribution in [0.4, 0.5) is 0 Å². The van der Waals surface area contributed by atoms with Crippen molar-refractivity contribution in [3.63, 3.8) is 0 Å². The fourth-order valence-electron chi connectivity index (χ4n) is 8.44. The molecule has 0 rings (SSSR count). The van der Waals surface area contributed by atoms with Gasteiger partial charge < -0.3 is 29.7 Å². The Labute approximate surface area is 447 Å². The summed E-state index contributed by atoms with van der Waals surface area (Å²) in [7, 11) is 0. The Morgan fingerprint density at radius 1 is 0.239 bits per heavy atom. The largest absolute Gasteiger partial charge is 3.00 e. The van der Waals surface area contributed by atoms with Crippen molar-refractivity contribution in [3.8, 4) is 0 Å². The van der Waals surface area contributed by atoms with Crippen LogP contribution >= 0.6 is 0 Å². The first-order chi connectivity index (χ1) is 32.3. The van der Waals surface area contributed by atoms with Crippen molar-refractivity contribution < 1.29 is 67.0 Å². The van der Waals surface area contributed by atoms with Gasteiger partial charge >= 0.3 is 37.3 Å². The third-order valence-corrected chi connectivity index (χ3v) is 12.7. The van der Waals surface area contributed by atoms with Crippen molar-refractivity contribution in [3.05, 3.63) is 36.5 Å². The summed E-state index contributed by atoms with van der Waals surface area (Å²) in [5.41, 5.74) is 0. The Morgan fingerprint density at radius 2 is 0.358 bits per heavy atom. The number of carbonyl (C=O) groups excluding carboxylic acids is 3. The number of aliphatic carboxylic acids is 3. The Bertz CT molecular complexity index is 911. The number of allylic oxidation sites excluding steroid dienone is 3. The van der Waals surface area contributed by atoms with Gasteiger partial charge in [0.05, 0.1) is 17.9 Å². The number of carboxylic acids is 3. The zero-order valence-corrected chi connectivity index (χ0v) is 46.5. The van der Waals surface area contributed by atoms with Crippen LogP contribution in [0, 0.1) is 37.3 Å². The summed E-state index contributed by atoms with van der Waals surface area (Å²) in [6.45, 7) is 6.82. The molecule has 399 valence electrons. The van der Waals surface area contributed by atoms with Gasteiger partial charge in [-0.25, -0.2) is 0 Å². The van der Waals surface area contributed by atoms with Crippen LogP contribution in [-0.2, 0) is 14.4 Å². The molecule has 0 amide bonds. The maximum Gasteiger partial charge on any atom is 3.00 e. The van der Waals surface area contributed by atoms with E-state index in [2.05, 4.69) is 20.8 Å². The molecule has 0 bridgehead atoms. The molecule has 0 atom stereocenters. The maximum atomic E-state index is 10.2. The van der Waals surface area contributed by atoms with Crippen LogP contribution in [0.3, 0.4) is 0 Å². The normalized spacial score (nSPS) is 11.1. The molecule has 0 fully saturated rings. The van der Waals surface area contributed by atoms with Crippen LogP contribution in [0.5, 0.6) is 0 Å². The van der Waals surface area contributed by atoms with E-state index in [9.17, 15) is 29.7 Å². The minimum atomic E-state index is -1.08. The molecule has 0 aromatic carbocycles. The standard InChI is InChI=1S/3C20H38O2.Er/c3*1-2-3-4-5-6-7-8-9-10-11-12-13-14-15-16-17-18-19-20(21)22;/h3*18-19H,2-17H2,1H3,(H,21,22);/q;;;+3/p-3. The van der Waals surface area contributed by atoms with E-state index in [0.29, 0.717) is 0 Å². The van der Waals surface area contributed by atoms with Gasteiger partial charge in [0.1, 0.15) is 0 Å². The molecule has 1 radical (unpaired) electrons. The Kier molecular flexibility index (Phi) is 74.7. The smallest absolute Gasteiger partial charge is 0.545 e. The summed E-state index contributed by atoms with van der Waals surface area (Å²) >= 11 is 0. The number of hydrogen-bond donors (Lipinski definition) is 0. The molecular weight excluding hydrogens is 984 g/mol. The van der Waals surface area contributed by atoms with E-state index in [0.717, 1.165) is 56.8 Å². The first kappa shape index (κ1) is 72.4. The fraction of sp³-hybridized carbons (Fsp3) is 0.850. The Balaban J connectivity index is -0.000000441. The van der Waals surface area contributed by atoms with E-state index in [1.165, 1.54) is 270 Å². The molecule has 7 heteroatoms. The molecule has 0 aliphatic carbocycles. The Morgan fingerprint density at radius 3 is 0.478 bits per heavy atom. The predicted octanol–water partition coefficient (Wildman–Crippen LogP) is 16.7. The monoisotopic (exact) mass is 1090 g/mol. The van der Waals surface area contributed by atoms with Gasteiger partial charge in [0.2, 0.25) is 0 Å². The minimum absolute atomic E-state index is 0. The van der Waals surface area contributed by atoms with E-state index in [4.69, 9.17) is 0 Å². The van der Waals surface area contributed by atoms with Crippen molar-refractivity contribution in [2.45, 2.75) is 329 Å². The molecule has 0 unspecified atom stereocenters. The topological polar surface area (TPSA) is 120 Å². The summed E-state index contributed by atoms with van der Waals surface area (Å²) in [6, 6.07) is 0.